The number of carbonyl (C=O) groups excluding carboxylic acids is 2. The van der Waals surface area contributed by atoms with Crippen LogP contribution in [0.5, 0.6) is 0 Å². The molecule has 2 aromatic carbocycles. The predicted molar refractivity (Wildman–Crippen MR) is 113 cm³/mol. The molecule has 0 aromatic heterocycles. The minimum absolute atomic E-state index is 0.0426. The molecule has 2 atom stereocenters. The monoisotopic (exact) mass is 391 g/mol. The number of carbonyl (C=O) groups is 2. The molecule has 0 radical (unpaired) electrons. The van der Waals surface area contributed by atoms with Crippen LogP contribution in [-0.4, -0.2) is 65.3 Å². The zero-order valence-electron chi connectivity index (χ0n) is 17.0. The second-order valence-corrected chi connectivity index (χ2v) is 8.20. The fraction of sp³-hybridized carbons (Fsp3) is 0.417. The van der Waals surface area contributed by atoms with Gasteiger partial charge in [-0.1, -0.05) is 60.7 Å². The third kappa shape index (κ3) is 4.51. The van der Waals surface area contributed by atoms with Gasteiger partial charge in [-0.3, -0.25) is 14.5 Å². The summed E-state index contributed by atoms with van der Waals surface area (Å²) in [6.45, 7) is 2.74. The van der Waals surface area contributed by atoms with Crippen molar-refractivity contribution in [3.05, 3.63) is 71.8 Å². The van der Waals surface area contributed by atoms with Crippen molar-refractivity contribution < 1.29 is 9.59 Å². The highest BCUT2D eigenvalue weighted by Gasteiger charge is 2.40. The van der Waals surface area contributed by atoms with Gasteiger partial charge in [0.1, 0.15) is 6.04 Å². The van der Waals surface area contributed by atoms with Gasteiger partial charge in [-0.2, -0.15) is 0 Å². The lowest BCUT2D eigenvalue weighted by atomic mass is 10.00. The van der Waals surface area contributed by atoms with Crippen molar-refractivity contribution in [2.75, 3.05) is 26.7 Å². The Morgan fingerprint density at radius 3 is 2.28 bits per heavy atom. The fourth-order valence-corrected chi connectivity index (χ4v) is 4.55. The lowest BCUT2D eigenvalue weighted by molar-refractivity contribution is -0.155. The molecule has 2 aliphatic rings. The highest BCUT2D eigenvalue weighted by molar-refractivity contribution is 5.95. The maximum absolute atomic E-state index is 13.0. The van der Waals surface area contributed by atoms with Crippen molar-refractivity contribution in [2.45, 2.75) is 37.9 Å². The van der Waals surface area contributed by atoms with Crippen LogP contribution in [0.3, 0.4) is 0 Å². The summed E-state index contributed by atoms with van der Waals surface area (Å²) in [5.74, 6) is 0.0978. The van der Waals surface area contributed by atoms with E-state index < -0.39 is 6.04 Å². The average Bonchev–Trinajstić information content (AvgIpc) is 3.17. The summed E-state index contributed by atoms with van der Waals surface area (Å²) >= 11 is 0. The van der Waals surface area contributed by atoms with Crippen LogP contribution in [-0.2, 0) is 22.6 Å². The molecular formula is C24H29N3O2. The summed E-state index contributed by atoms with van der Waals surface area (Å²) in [7, 11) is 1.73. The van der Waals surface area contributed by atoms with E-state index in [1.165, 1.54) is 5.56 Å². The molecule has 0 saturated carbocycles. The van der Waals surface area contributed by atoms with Gasteiger partial charge in [0.2, 0.25) is 11.8 Å². The van der Waals surface area contributed by atoms with Crippen molar-refractivity contribution in [1.29, 1.82) is 0 Å². The molecule has 4 rings (SSSR count). The number of hydrogen-bond donors (Lipinski definition) is 0. The summed E-state index contributed by atoms with van der Waals surface area (Å²) in [5.41, 5.74) is 2.38. The molecule has 29 heavy (non-hydrogen) atoms. The summed E-state index contributed by atoms with van der Waals surface area (Å²) in [6, 6.07) is 20.4. The Morgan fingerprint density at radius 1 is 0.931 bits per heavy atom. The third-order valence-electron chi connectivity index (χ3n) is 6.14. The lowest BCUT2D eigenvalue weighted by Gasteiger charge is -2.41. The zero-order chi connectivity index (χ0) is 20.2. The number of likely N-dealkylation sites (N-methyl/N-ethyl adjacent to an activating group) is 1. The van der Waals surface area contributed by atoms with Crippen LogP contribution in [0.15, 0.2) is 60.7 Å². The minimum Gasteiger partial charge on any atom is -0.335 e. The summed E-state index contributed by atoms with van der Waals surface area (Å²) < 4.78 is 0. The van der Waals surface area contributed by atoms with Crippen LogP contribution < -0.4 is 0 Å². The number of piperazine rings is 1. The highest BCUT2D eigenvalue weighted by atomic mass is 16.2. The Morgan fingerprint density at radius 2 is 1.59 bits per heavy atom. The fourth-order valence-electron chi connectivity index (χ4n) is 4.55. The first-order valence-electron chi connectivity index (χ1n) is 10.5. The number of likely N-dealkylation sites (tertiary alicyclic amines) is 1. The standard InChI is InChI=1S/C24H29N3O2/c1-25-18-23(28)27(22(24(25)29)15-19-9-4-2-5-10-19)17-21-13-8-14-26(21)16-20-11-6-3-7-12-20/h2-7,9-12,21-22H,8,13-18H2,1H3/t21-,22+/m1/s1. The second-order valence-electron chi connectivity index (χ2n) is 8.20. The van der Waals surface area contributed by atoms with Crippen LogP contribution >= 0.6 is 0 Å². The van der Waals surface area contributed by atoms with Crippen LogP contribution in [0, 0.1) is 0 Å². The van der Waals surface area contributed by atoms with Gasteiger partial charge in [-0.25, -0.2) is 0 Å². The SMILES string of the molecule is CN1CC(=O)N(C[C@H]2CCCN2Cc2ccccc2)[C@@H](Cc2ccccc2)C1=O. The van der Waals surface area contributed by atoms with Gasteiger partial charge in [0.25, 0.3) is 0 Å². The van der Waals surface area contributed by atoms with E-state index in [2.05, 4.69) is 29.2 Å². The van der Waals surface area contributed by atoms with E-state index in [1.807, 2.05) is 41.3 Å². The molecule has 2 aliphatic heterocycles. The number of nitrogens with zero attached hydrogens (tertiary/aromatic N) is 3. The number of benzene rings is 2. The minimum atomic E-state index is -0.414. The van der Waals surface area contributed by atoms with Gasteiger partial charge in [-0.05, 0) is 30.5 Å². The van der Waals surface area contributed by atoms with Crippen molar-refractivity contribution in [2.24, 2.45) is 0 Å². The van der Waals surface area contributed by atoms with E-state index >= 15 is 0 Å². The molecular weight excluding hydrogens is 362 g/mol. The molecule has 0 unspecified atom stereocenters. The first-order valence-corrected chi connectivity index (χ1v) is 10.5. The van der Waals surface area contributed by atoms with Crippen LogP contribution in [0.25, 0.3) is 0 Å². The molecule has 2 saturated heterocycles. The molecule has 2 aromatic rings. The molecule has 152 valence electrons. The Balaban J connectivity index is 1.50. The van der Waals surface area contributed by atoms with E-state index in [9.17, 15) is 9.59 Å². The van der Waals surface area contributed by atoms with E-state index in [1.54, 1.807) is 11.9 Å². The number of amides is 2. The Kier molecular flexibility index (Phi) is 5.95. The van der Waals surface area contributed by atoms with E-state index in [0.717, 1.165) is 31.5 Å². The zero-order valence-corrected chi connectivity index (χ0v) is 17.0. The van der Waals surface area contributed by atoms with Gasteiger partial charge in [0.15, 0.2) is 0 Å². The third-order valence-corrected chi connectivity index (χ3v) is 6.14. The summed E-state index contributed by atoms with van der Waals surface area (Å²) in [4.78, 5) is 31.8. The van der Waals surface area contributed by atoms with Gasteiger partial charge < -0.3 is 9.80 Å². The smallest absolute Gasteiger partial charge is 0.245 e. The molecule has 0 spiro atoms. The molecule has 2 fully saturated rings. The Labute approximate surface area is 172 Å². The topological polar surface area (TPSA) is 43.9 Å². The molecule has 5 nitrogen and oxygen atoms in total. The number of hydrogen-bond acceptors (Lipinski definition) is 3. The van der Waals surface area contributed by atoms with Gasteiger partial charge in [-0.15, -0.1) is 0 Å². The van der Waals surface area contributed by atoms with Crippen molar-refractivity contribution in [3.63, 3.8) is 0 Å². The molecule has 0 N–H and O–H groups in total. The van der Waals surface area contributed by atoms with Gasteiger partial charge in [0, 0.05) is 32.6 Å². The normalized spacial score (nSPS) is 23.1. The summed E-state index contributed by atoms with van der Waals surface area (Å²) in [6.07, 6.45) is 2.77. The van der Waals surface area contributed by atoms with E-state index in [4.69, 9.17) is 0 Å². The Hall–Kier alpha value is -2.66. The largest absolute Gasteiger partial charge is 0.335 e. The maximum atomic E-state index is 13.0. The molecule has 2 amide bonds. The first kappa shape index (κ1) is 19.6. The maximum Gasteiger partial charge on any atom is 0.245 e. The molecule has 0 bridgehead atoms. The quantitative estimate of drug-likeness (QED) is 0.760. The first-order chi connectivity index (χ1) is 14.1. The van der Waals surface area contributed by atoms with Gasteiger partial charge in [0.05, 0.1) is 6.54 Å². The molecule has 5 heteroatoms. The number of rotatable bonds is 6. The van der Waals surface area contributed by atoms with Crippen molar-refractivity contribution in [1.82, 2.24) is 14.7 Å². The lowest BCUT2D eigenvalue weighted by Crippen LogP contribution is -2.61. The van der Waals surface area contributed by atoms with Crippen LogP contribution in [0.2, 0.25) is 0 Å². The highest BCUT2D eigenvalue weighted by Crippen LogP contribution is 2.24. The van der Waals surface area contributed by atoms with Crippen molar-refractivity contribution in [3.8, 4) is 0 Å². The average molecular weight is 392 g/mol. The summed E-state index contributed by atoms with van der Waals surface area (Å²) in [5, 5.41) is 0. The van der Waals surface area contributed by atoms with Crippen LogP contribution in [0.4, 0.5) is 0 Å². The van der Waals surface area contributed by atoms with E-state index in [-0.39, 0.29) is 18.4 Å². The van der Waals surface area contributed by atoms with Crippen LogP contribution in [0.1, 0.15) is 24.0 Å². The predicted octanol–water partition coefficient (Wildman–Crippen LogP) is 2.56. The molecule has 0 aliphatic carbocycles. The van der Waals surface area contributed by atoms with Crippen molar-refractivity contribution >= 4 is 11.8 Å². The second kappa shape index (κ2) is 8.78. The Bertz CT molecular complexity index is 840. The van der Waals surface area contributed by atoms with Gasteiger partial charge >= 0.3 is 0 Å². The molecule has 2 heterocycles. The van der Waals surface area contributed by atoms with E-state index in [0.29, 0.717) is 19.0 Å².